The second-order valence-electron chi connectivity index (χ2n) is 9.52. The molecule has 4 rings (SSSR count). The van der Waals surface area contributed by atoms with E-state index in [1.807, 2.05) is 0 Å². The molecule has 0 aromatic heterocycles. The third-order valence-electron chi connectivity index (χ3n) is 6.69. The van der Waals surface area contributed by atoms with Crippen molar-refractivity contribution in [1.29, 1.82) is 0 Å². The fraction of sp³-hybridized carbons (Fsp3) is 1.00. The molecular formula is C18H35N3O2S. The molecule has 0 aliphatic heterocycles. The number of nitrogens with one attached hydrogen (secondary N) is 3. The van der Waals surface area contributed by atoms with Crippen molar-refractivity contribution in [2.75, 3.05) is 20.1 Å². The van der Waals surface area contributed by atoms with Gasteiger partial charge in [-0.3, -0.25) is 0 Å². The van der Waals surface area contributed by atoms with Gasteiger partial charge in [0.15, 0.2) is 0 Å². The second kappa shape index (κ2) is 6.53. The number of hydrogen-bond acceptors (Lipinski definition) is 3. The van der Waals surface area contributed by atoms with Crippen molar-refractivity contribution >= 4 is 10.2 Å². The van der Waals surface area contributed by atoms with Crippen molar-refractivity contribution in [3.05, 3.63) is 0 Å². The van der Waals surface area contributed by atoms with E-state index in [9.17, 15) is 8.42 Å². The van der Waals surface area contributed by atoms with Crippen molar-refractivity contribution < 1.29 is 8.42 Å². The molecular weight excluding hydrogens is 322 g/mol. The van der Waals surface area contributed by atoms with Crippen LogP contribution in [0.1, 0.15) is 59.3 Å². The molecule has 24 heavy (non-hydrogen) atoms. The lowest BCUT2D eigenvalue weighted by atomic mass is 9.45. The maximum absolute atomic E-state index is 11.4. The summed E-state index contributed by atoms with van der Waals surface area (Å²) >= 11 is 0. The summed E-state index contributed by atoms with van der Waals surface area (Å²) in [5.41, 5.74) is 0.759. The Morgan fingerprint density at radius 1 is 1.04 bits per heavy atom. The van der Waals surface area contributed by atoms with Crippen LogP contribution in [0.5, 0.6) is 0 Å². The molecule has 0 aromatic carbocycles. The van der Waals surface area contributed by atoms with E-state index >= 15 is 0 Å². The predicted molar refractivity (Wildman–Crippen MR) is 97.8 cm³/mol. The van der Waals surface area contributed by atoms with Crippen LogP contribution in [0.15, 0.2) is 0 Å². The Hall–Kier alpha value is -0.170. The molecule has 0 spiro atoms. The van der Waals surface area contributed by atoms with Gasteiger partial charge in [-0.2, -0.15) is 8.42 Å². The van der Waals surface area contributed by atoms with Gasteiger partial charge in [0.05, 0.1) is 0 Å². The smallest absolute Gasteiger partial charge is 0.276 e. The maximum atomic E-state index is 11.4. The van der Waals surface area contributed by atoms with Crippen molar-refractivity contribution in [1.82, 2.24) is 14.8 Å². The third-order valence-corrected chi connectivity index (χ3v) is 7.81. The lowest BCUT2D eigenvalue weighted by molar-refractivity contribution is -0.103. The zero-order valence-electron chi connectivity index (χ0n) is 15.7. The molecule has 6 heteroatoms. The highest BCUT2D eigenvalue weighted by Gasteiger charge is 2.57. The highest BCUT2D eigenvalue weighted by Crippen LogP contribution is 2.62. The molecule has 4 saturated carbocycles. The summed E-state index contributed by atoms with van der Waals surface area (Å²) in [6, 6.07) is 0. The largest absolute Gasteiger partial charge is 0.311 e. The number of rotatable bonds is 7. The van der Waals surface area contributed by atoms with Gasteiger partial charge < -0.3 is 5.32 Å². The molecule has 4 bridgehead atoms. The molecule has 3 N–H and O–H groups in total. The van der Waals surface area contributed by atoms with E-state index in [2.05, 4.69) is 35.5 Å². The lowest BCUT2D eigenvalue weighted by Crippen LogP contribution is -2.63. The number of hydrogen-bond donors (Lipinski definition) is 3. The first-order chi connectivity index (χ1) is 11.1. The topological polar surface area (TPSA) is 70.2 Å². The molecule has 2 unspecified atom stereocenters. The van der Waals surface area contributed by atoms with Crippen LogP contribution in [-0.4, -0.2) is 34.1 Å². The summed E-state index contributed by atoms with van der Waals surface area (Å²) in [6.45, 7) is 8.67. The van der Waals surface area contributed by atoms with Gasteiger partial charge >= 0.3 is 0 Å². The van der Waals surface area contributed by atoms with Crippen LogP contribution in [0.3, 0.4) is 0 Å². The van der Waals surface area contributed by atoms with Crippen LogP contribution in [0.25, 0.3) is 0 Å². The molecule has 4 fully saturated rings. The summed E-state index contributed by atoms with van der Waals surface area (Å²) in [6.07, 6.45) is 7.69. The Morgan fingerprint density at radius 3 is 2.21 bits per heavy atom. The Labute approximate surface area is 147 Å². The minimum Gasteiger partial charge on any atom is -0.311 e. The molecule has 0 radical (unpaired) electrons. The van der Waals surface area contributed by atoms with Crippen molar-refractivity contribution in [3.8, 4) is 0 Å². The SMILES string of the molecule is CNS(=O)(=O)NCCCNC12CC3CC(C1)C(C(C)(C)C)C(C3)C2. The van der Waals surface area contributed by atoms with E-state index in [0.717, 1.165) is 36.6 Å². The zero-order chi connectivity index (χ0) is 17.6. The van der Waals surface area contributed by atoms with Crippen LogP contribution < -0.4 is 14.8 Å². The van der Waals surface area contributed by atoms with E-state index in [4.69, 9.17) is 0 Å². The predicted octanol–water partition coefficient (Wildman–Crippen LogP) is 2.26. The maximum Gasteiger partial charge on any atom is 0.276 e. The van der Waals surface area contributed by atoms with Gasteiger partial charge in [-0.05, 0) is 74.2 Å². The van der Waals surface area contributed by atoms with Crippen molar-refractivity contribution in [2.24, 2.45) is 29.1 Å². The minimum absolute atomic E-state index is 0.333. The first-order valence-electron chi connectivity index (χ1n) is 9.57. The van der Waals surface area contributed by atoms with E-state index in [0.29, 0.717) is 17.5 Å². The Morgan fingerprint density at radius 2 is 1.67 bits per heavy atom. The minimum atomic E-state index is -3.30. The molecule has 140 valence electrons. The molecule has 0 saturated heterocycles. The first-order valence-corrected chi connectivity index (χ1v) is 11.1. The average Bonchev–Trinajstić information content (AvgIpc) is 2.44. The highest BCUT2D eigenvalue weighted by molar-refractivity contribution is 7.87. The second-order valence-corrected chi connectivity index (χ2v) is 11.2. The fourth-order valence-corrected chi connectivity index (χ4v) is 6.93. The van der Waals surface area contributed by atoms with E-state index < -0.39 is 10.2 Å². The van der Waals surface area contributed by atoms with Crippen molar-refractivity contribution in [2.45, 2.75) is 64.8 Å². The fourth-order valence-electron chi connectivity index (χ4n) is 6.38. The van der Waals surface area contributed by atoms with Crippen LogP contribution in [0.2, 0.25) is 0 Å². The van der Waals surface area contributed by atoms with Gasteiger partial charge in [0.2, 0.25) is 0 Å². The standard InChI is InChI=1S/C18H35N3O2S/c1-17(2,3)16-14-8-13-9-15(16)12-18(10-13,11-14)20-6-5-7-21-24(22,23)19-4/h13-16,19-21H,5-12H2,1-4H3. The Bertz CT molecular complexity index is 539. The summed E-state index contributed by atoms with van der Waals surface area (Å²) < 4.78 is 27.6. The monoisotopic (exact) mass is 357 g/mol. The molecule has 2 atom stereocenters. The normalized spacial score (nSPS) is 38.7. The van der Waals surface area contributed by atoms with E-state index in [-0.39, 0.29) is 0 Å². The van der Waals surface area contributed by atoms with Crippen LogP contribution in [0, 0.1) is 29.1 Å². The van der Waals surface area contributed by atoms with Crippen LogP contribution in [0.4, 0.5) is 0 Å². The molecule has 5 nitrogen and oxygen atoms in total. The highest BCUT2D eigenvalue weighted by atomic mass is 32.2. The van der Waals surface area contributed by atoms with Gasteiger partial charge in [0.25, 0.3) is 10.2 Å². The Kier molecular flexibility index (Phi) is 5.06. The Balaban J connectivity index is 1.53. The van der Waals surface area contributed by atoms with Gasteiger partial charge in [-0.1, -0.05) is 20.8 Å². The van der Waals surface area contributed by atoms with Crippen LogP contribution in [-0.2, 0) is 10.2 Å². The summed E-state index contributed by atoms with van der Waals surface area (Å²) in [7, 11) is -1.86. The third kappa shape index (κ3) is 3.81. The molecule has 0 aromatic rings. The molecule has 0 heterocycles. The van der Waals surface area contributed by atoms with E-state index in [1.54, 1.807) is 0 Å². The molecule has 4 aliphatic rings. The lowest BCUT2D eigenvalue weighted by Gasteiger charge is -2.63. The quantitative estimate of drug-likeness (QED) is 0.612. The van der Waals surface area contributed by atoms with E-state index in [1.165, 1.54) is 39.2 Å². The summed E-state index contributed by atoms with van der Waals surface area (Å²) in [5.74, 6) is 3.56. The van der Waals surface area contributed by atoms with Crippen LogP contribution >= 0.6 is 0 Å². The van der Waals surface area contributed by atoms with Gasteiger partial charge in [-0.15, -0.1) is 0 Å². The average molecular weight is 358 g/mol. The van der Waals surface area contributed by atoms with Gasteiger partial charge in [0.1, 0.15) is 0 Å². The van der Waals surface area contributed by atoms with Gasteiger partial charge in [0, 0.05) is 19.1 Å². The zero-order valence-corrected chi connectivity index (χ0v) is 16.5. The molecule has 0 amide bonds. The summed E-state index contributed by atoms with van der Waals surface area (Å²) in [4.78, 5) is 0. The summed E-state index contributed by atoms with van der Waals surface area (Å²) in [5, 5.41) is 3.85. The molecule has 4 aliphatic carbocycles. The van der Waals surface area contributed by atoms with Crippen molar-refractivity contribution in [3.63, 3.8) is 0 Å². The van der Waals surface area contributed by atoms with Gasteiger partial charge in [-0.25, -0.2) is 9.44 Å². The first kappa shape index (κ1) is 18.6.